The normalized spacial score (nSPS) is 24.7. The molecule has 23 heavy (non-hydrogen) atoms. The smallest absolute Gasteiger partial charge is 0.245 e. The van der Waals surface area contributed by atoms with Crippen LogP contribution in [0.1, 0.15) is 65.2 Å². The van der Waals surface area contributed by atoms with Gasteiger partial charge in [-0.2, -0.15) is 0 Å². The molecule has 2 rings (SSSR count). The van der Waals surface area contributed by atoms with Crippen molar-refractivity contribution in [2.24, 2.45) is 0 Å². The van der Waals surface area contributed by atoms with E-state index in [2.05, 4.69) is 10.6 Å². The Morgan fingerprint density at radius 3 is 2.43 bits per heavy atom. The predicted molar refractivity (Wildman–Crippen MR) is 87.6 cm³/mol. The highest BCUT2D eigenvalue weighted by Crippen LogP contribution is 2.23. The topological polar surface area (TPSA) is 78.5 Å². The number of carbonyl (C=O) groups is 3. The van der Waals surface area contributed by atoms with Crippen molar-refractivity contribution in [3.8, 4) is 0 Å². The Kier molecular flexibility index (Phi) is 5.65. The number of nitrogens with one attached hydrogen (secondary N) is 2. The lowest BCUT2D eigenvalue weighted by Crippen LogP contribution is -2.61. The second-order valence-electron chi connectivity index (χ2n) is 6.99. The molecular weight excluding hydrogens is 294 g/mol. The van der Waals surface area contributed by atoms with Crippen molar-refractivity contribution in [2.45, 2.75) is 82.8 Å². The van der Waals surface area contributed by atoms with Gasteiger partial charge in [0, 0.05) is 19.5 Å². The highest BCUT2D eigenvalue weighted by molar-refractivity contribution is 5.95. The average Bonchev–Trinajstić information content (AvgIpc) is 3.00. The first-order chi connectivity index (χ1) is 10.9. The maximum Gasteiger partial charge on any atom is 0.245 e. The number of amides is 3. The van der Waals surface area contributed by atoms with Crippen molar-refractivity contribution in [3.05, 3.63) is 0 Å². The monoisotopic (exact) mass is 323 g/mol. The summed E-state index contributed by atoms with van der Waals surface area (Å²) in [5, 5.41) is 5.81. The number of hydrogen-bond acceptors (Lipinski definition) is 3. The maximum atomic E-state index is 12.8. The molecule has 0 unspecified atom stereocenters. The molecule has 0 aromatic carbocycles. The third-order valence-electron chi connectivity index (χ3n) is 5.48. The Bertz CT molecular complexity index is 474. The van der Waals surface area contributed by atoms with Crippen molar-refractivity contribution in [1.29, 1.82) is 0 Å². The van der Waals surface area contributed by atoms with E-state index in [1.807, 2.05) is 6.92 Å². The van der Waals surface area contributed by atoms with Crippen LogP contribution in [-0.2, 0) is 14.4 Å². The zero-order valence-corrected chi connectivity index (χ0v) is 14.5. The van der Waals surface area contributed by atoms with E-state index in [-0.39, 0.29) is 23.8 Å². The number of carbonyl (C=O) groups excluding carboxylic acids is 3. The summed E-state index contributed by atoms with van der Waals surface area (Å²) >= 11 is 0. The fourth-order valence-electron chi connectivity index (χ4n) is 3.41. The van der Waals surface area contributed by atoms with Gasteiger partial charge in [0.15, 0.2) is 0 Å². The number of rotatable bonds is 5. The molecular formula is C17H29N3O3. The molecule has 0 bridgehead atoms. The van der Waals surface area contributed by atoms with Crippen molar-refractivity contribution < 1.29 is 14.4 Å². The zero-order chi connectivity index (χ0) is 17.0. The van der Waals surface area contributed by atoms with Gasteiger partial charge in [-0.05, 0) is 32.6 Å². The first kappa shape index (κ1) is 17.8. The predicted octanol–water partition coefficient (Wildman–Crippen LogP) is 1.34. The van der Waals surface area contributed by atoms with Crippen molar-refractivity contribution >= 4 is 17.7 Å². The van der Waals surface area contributed by atoms with Crippen LogP contribution in [0.15, 0.2) is 0 Å². The molecule has 6 nitrogen and oxygen atoms in total. The van der Waals surface area contributed by atoms with Crippen LogP contribution in [0.3, 0.4) is 0 Å². The standard InChI is InChI=1S/C17H29N3O3/c1-4-17(2,16(23)18-12-8-6-5-7-9-12)20(3)15(22)13-10-11-14(21)19-13/h12-13H,4-11H2,1-3H3,(H,18,23)(H,19,21)/t13-,17+/m1/s1. The van der Waals surface area contributed by atoms with Gasteiger partial charge < -0.3 is 15.5 Å². The maximum absolute atomic E-state index is 12.8. The first-order valence-corrected chi connectivity index (χ1v) is 8.76. The molecule has 3 amide bonds. The van der Waals surface area contributed by atoms with Gasteiger partial charge in [-0.3, -0.25) is 14.4 Å². The summed E-state index contributed by atoms with van der Waals surface area (Å²) in [6, 6.07) is -0.280. The second kappa shape index (κ2) is 7.32. The van der Waals surface area contributed by atoms with Gasteiger partial charge in [0.1, 0.15) is 11.6 Å². The number of hydrogen-bond donors (Lipinski definition) is 2. The minimum Gasteiger partial charge on any atom is -0.351 e. The van der Waals surface area contributed by atoms with Crippen molar-refractivity contribution in [1.82, 2.24) is 15.5 Å². The lowest BCUT2D eigenvalue weighted by atomic mass is 9.91. The zero-order valence-electron chi connectivity index (χ0n) is 14.5. The third kappa shape index (κ3) is 3.85. The lowest BCUT2D eigenvalue weighted by Gasteiger charge is -2.39. The Balaban J connectivity index is 2.03. The molecule has 0 aromatic heterocycles. The van der Waals surface area contributed by atoms with Crippen molar-refractivity contribution in [2.75, 3.05) is 7.05 Å². The summed E-state index contributed by atoms with van der Waals surface area (Å²) in [5.74, 6) is -0.368. The molecule has 2 N–H and O–H groups in total. The summed E-state index contributed by atoms with van der Waals surface area (Å²) in [5.41, 5.74) is -0.887. The van der Waals surface area contributed by atoms with E-state index in [1.54, 1.807) is 14.0 Å². The van der Waals surface area contributed by atoms with E-state index >= 15 is 0 Å². The molecule has 0 radical (unpaired) electrons. The first-order valence-electron chi connectivity index (χ1n) is 8.76. The summed E-state index contributed by atoms with van der Waals surface area (Å²) in [7, 11) is 1.66. The average molecular weight is 323 g/mol. The van der Waals surface area contributed by atoms with Crippen LogP contribution in [0, 0.1) is 0 Å². The highest BCUT2D eigenvalue weighted by atomic mass is 16.2. The quantitative estimate of drug-likeness (QED) is 0.801. The molecule has 0 spiro atoms. The molecule has 1 aliphatic carbocycles. The van der Waals surface area contributed by atoms with E-state index in [4.69, 9.17) is 0 Å². The SMILES string of the molecule is CC[C@@](C)(C(=O)NC1CCCCC1)N(C)C(=O)[C@H]1CCC(=O)N1. The Morgan fingerprint density at radius 2 is 1.91 bits per heavy atom. The minimum atomic E-state index is -0.887. The Labute approximate surface area is 138 Å². The van der Waals surface area contributed by atoms with Crippen LogP contribution in [-0.4, -0.2) is 47.3 Å². The molecule has 2 atom stereocenters. The molecule has 1 saturated carbocycles. The second-order valence-corrected chi connectivity index (χ2v) is 6.99. The van der Waals surface area contributed by atoms with Gasteiger partial charge in [-0.25, -0.2) is 0 Å². The summed E-state index contributed by atoms with van der Waals surface area (Å²) in [4.78, 5) is 38.3. The van der Waals surface area contributed by atoms with Gasteiger partial charge in [-0.15, -0.1) is 0 Å². The van der Waals surface area contributed by atoms with Gasteiger partial charge in [0.25, 0.3) is 0 Å². The van der Waals surface area contributed by atoms with E-state index < -0.39 is 11.6 Å². The van der Waals surface area contributed by atoms with Crippen LogP contribution in [0.4, 0.5) is 0 Å². The van der Waals surface area contributed by atoms with Gasteiger partial charge in [-0.1, -0.05) is 26.2 Å². The van der Waals surface area contributed by atoms with Crippen LogP contribution in [0.2, 0.25) is 0 Å². The molecule has 6 heteroatoms. The Hall–Kier alpha value is -1.59. The van der Waals surface area contributed by atoms with Crippen LogP contribution < -0.4 is 10.6 Å². The highest BCUT2D eigenvalue weighted by Gasteiger charge is 2.42. The van der Waals surface area contributed by atoms with Gasteiger partial charge in [0.05, 0.1) is 0 Å². The molecule has 0 aromatic rings. The van der Waals surface area contributed by atoms with Crippen LogP contribution in [0.25, 0.3) is 0 Å². The molecule has 1 aliphatic heterocycles. The molecule has 1 heterocycles. The van der Waals surface area contributed by atoms with Crippen molar-refractivity contribution in [3.63, 3.8) is 0 Å². The summed E-state index contributed by atoms with van der Waals surface area (Å²) in [6.07, 6.45) is 6.98. The van der Waals surface area contributed by atoms with E-state index in [0.717, 1.165) is 25.7 Å². The van der Waals surface area contributed by atoms with E-state index in [0.29, 0.717) is 19.3 Å². The lowest BCUT2D eigenvalue weighted by molar-refractivity contribution is -0.147. The number of likely N-dealkylation sites (N-methyl/N-ethyl adjacent to an activating group) is 1. The molecule has 2 aliphatic rings. The summed E-state index contributed by atoms with van der Waals surface area (Å²) < 4.78 is 0. The number of nitrogens with zero attached hydrogens (tertiary/aromatic N) is 1. The summed E-state index contributed by atoms with van der Waals surface area (Å²) in [6.45, 7) is 3.72. The van der Waals surface area contributed by atoms with Crippen LogP contribution in [0.5, 0.6) is 0 Å². The van der Waals surface area contributed by atoms with E-state index in [9.17, 15) is 14.4 Å². The van der Waals surface area contributed by atoms with Crippen LogP contribution >= 0.6 is 0 Å². The largest absolute Gasteiger partial charge is 0.351 e. The Morgan fingerprint density at radius 1 is 1.26 bits per heavy atom. The van der Waals surface area contributed by atoms with E-state index in [1.165, 1.54) is 11.3 Å². The van der Waals surface area contributed by atoms with Gasteiger partial charge in [0.2, 0.25) is 17.7 Å². The van der Waals surface area contributed by atoms with Gasteiger partial charge >= 0.3 is 0 Å². The third-order valence-corrected chi connectivity index (χ3v) is 5.48. The minimum absolute atomic E-state index is 0.0907. The fourth-order valence-corrected chi connectivity index (χ4v) is 3.41. The molecule has 1 saturated heterocycles. The molecule has 130 valence electrons. The fraction of sp³-hybridized carbons (Fsp3) is 0.824. The molecule has 2 fully saturated rings.